The Bertz CT molecular complexity index is 470. The molecule has 2 rings (SSSR count). The molecule has 2 nitrogen and oxygen atoms in total. The molecule has 0 saturated carbocycles. The first-order valence-corrected chi connectivity index (χ1v) is 7.66. The van der Waals surface area contributed by atoms with E-state index in [0.29, 0.717) is 10.6 Å². The van der Waals surface area contributed by atoms with Crippen LogP contribution in [-0.4, -0.2) is 23.0 Å². The minimum absolute atomic E-state index is 0.0430. The fourth-order valence-corrected chi connectivity index (χ4v) is 3.24. The van der Waals surface area contributed by atoms with E-state index in [1.807, 2.05) is 0 Å². The first kappa shape index (κ1) is 15.7. The van der Waals surface area contributed by atoms with Gasteiger partial charge in [-0.3, -0.25) is 4.90 Å². The van der Waals surface area contributed by atoms with Crippen molar-refractivity contribution in [1.29, 1.82) is 0 Å². The maximum Gasteiger partial charge on any atom is 0.129 e. The fraction of sp³-hybridized carbons (Fsp3) is 0.625. The Morgan fingerprint density at radius 1 is 1.30 bits per heavy atom. The molecule has 1 saturated heterocycles. The van der Waals surface area contributed by atoms with Gasteiger partial charge < -0.3 is 5.73 Å². The van der Waals surface area contributed by atoms with Gasteiger partial charge in [-0.2, -0.15) is 0 Å². The highest BCUT2D eigenvalue weighted by Crippen LogP contribution is 2.36. The number of nitrogens with two attached hydrogens (primary N) is 1. The summed E-state index contributed by atoms with van der Waals surface area (Å²) >= 11 is 5.87. The van der Waals surface area contributed by atoms with Crippen molar-refractivity contribution < 1.29 is 4.39 Å². The molecule has 112 valence electrons. The maximum absolute atomic E-state index is 14.3. The van der Waals surface area contributed by atoms with Crippen molar-refractivity contribution in [3.63, 3.8) is 0 Å². The third-order valence-corrected chi connectivity index (χ3v) is 4.31. The zero-order chi connectivity index (χ0) is 14.9. The third-order valence-electron chi connectivity index (χ3n) is 4.07. The van der Waals surface area contributed by atoms with E-state index in [4.69, 9.17) is 17.3 Å². The smallest absolute Gasteiger partial charge is 0.129 e. The molecule has 1 aliphatic rings. The highest BCUT2D eigenvalue weighted by molar-refractivity contribution is 6.30. The summed E-state index contributed by atoms with van der Waals surface area (Å²) in [6.07, 6.45) is 3.13. The molecular weight excluding hydrogens is 275 g/mol. The summed E-state index contributed by atoms with van der Waals surface area (Å²) in [6, 6.07) is 4.78. The molecule has 1 aromatic carbocycles. The quantitative estimate of drug-likeness (QED) is 0.844. The predicted molar refractivity (Wildman–Crippen MR) is 82.4 cm³/mol. The van der Waals surface area contributed by atoms with E-state index in [1.54, 1.807) is 12.1 Å². The molecule has 0 aromatic heterocycles. The monoisotopic (exact) mass is 298 g/mol. The van der Waals surface area contributed by atoms with Crippen LogP contribution < -0.4 is 5.73 Å². The minimum atomic E-state index is -0.255. The van der Waals surface area contributed by atoms with Gasteiger partial charge >= 0.3 is 0 Å². The average molecular weight is 299 g/mol. The predicted octanol–water partition coefficient (Wildman–Crippen LogP) is 4.13. The minimum Gasteiger partial charge on any atom is -0.326 e. The van der Waals surface area contributed by atoms with Gasteiger partial charge in [0.2, 0.25) is 0 Å². The van der Waals surface area contributed by atoms with Crippen LogP contribution in [0.2, 0.25) is 5.02 Å². The normalized spacial score (nSPS) is 25.5. The fourth-order valence-electron chi connectivity index (χ4n) is 3.08. The molecule has 1 heterocycles. The lowest BCUT2D eigenvalue weighted by Gasteiger charge is -2.43. The molecular formula is C16H24ClFN2. The van der Waals surface area contributed by atoms with Crippen molar-refractivity contribution in [1.82, 2.24) is 4.90 Å². The number of rotatable bonds is 1. The summed E-state index contributed by atoms with van der Waals surface area (Å²) in [5.74, 6) is -0.255. The van der Waals surface area contributed by atoms with E-state index in [-0.39, 0.29) is 23.4 Å². The van der Waals surface area contributed by atoms with Gasteiger partial charge in [0.05, 0.1) is 6.04 Å². The Kier molecular flexibility index (Phi) is 4.73. The van der Waals surface area contributed by atoms with E-state index < -0.39 is 0 Å². The zero-order valence-corrected chi connectivity index (χ0v) is 13.3. The van der Waals surface area contributed by atoms with Gasteiger partial charge in [0.15, 0.2) is 0 Å². The summed E-state index contributed by atoms with van der Waals surface area (Å²) in [4.78, 5) is 2.33. The third kappa shape index (κ3) is 3.33. The van der Waals surface area contributed by atoms with Crippen molar-refractivity contribution in [3.8, 4) is 0 Å². The molecule has 0 aliphatic carbocycles. The second kappa shape index (κ2) is 6.00. The van der Waals surface area contributed by atoms with Crippen molar-refractivity contribution in [2.45, 2.75) is 57.7 Å². The second-order valence-corrected chi connectivity index (χ2v) is 7.07. The zero-order valence-electron chi connectivity index (χ0n) is 12.5. The highest BCUT2D eigenvalue weighted by Gasteiger charge is 2.36. The van der Waals surface area contributed by atoms with Crippen molar-refractivity contribution in [3.05, 3.63) is 34.6 Å². The number of hydrogen-bond donors (Lipinski definition) is 1. The molecule has 0 spiro atoms. The van der Waals surface area contributed by atoms with Crippen LogP contribution in [-0.2, 0) is 0 Å². The van der Waals surface area contributed by atoms with E-state index >= 15 is 0 Å². The number of likely N-dealkylation sites (tertiary alicyclic amines) is 1. The van der Waals surface area contributed by atoms with Crippen LogP contribution in [0.5, 0.6) is 0 Å². The van der Waals surface area contributed by atoms with Crippen molar-refractivity contribution in [2.75, 3.05) is 6.54 Å². The van der Waals surface area contributed by atoms with E-state index in [0.717, 1.165) is 25.8 Å². The van der Waals surface area contributed by atoms with Gasteiger partial charge in [0.1, 0.15) is 5.82 Å². The summed E-state index contributed by atoms with van der Waals surface area (Å²) in [5, 5.41) is 0.427. The SMILES string of the molecule is CC(C)(C)N1CCCCC(N)C1c1ccc(Cl)cc1F. The largest absolute Gasteiger partial charge is 0.326 e. The lowest BCUT2D eigenvalue weighted by Crippen LogP contribution is -2.49. The Labute approximate surface area is 126 Å². The second-order valence-electron chi connectivity index (χ2n) is 6.63. The molecule has 0 radical (unpaired) electrons. The van der Waals surface area contributed by atoms with Crippen LogP contribution >= 0.6 is 11.6 Å². The molecule has 2 atom stereocenters. The van der Waals surface area contributed by atoms with Crippen LogP contribution in [0.1, 0.15) is 51.6 Å². The van der Waals surface area contributed by atoms with Gasteiger partial charge in [-0.05, 0) is 52.3 Å². The summed E-state index contributed by atoms with van der Waals surface area (Å²) in [5.41, 5.74) is 6.99. The van der Waals surface area contributed by atoms with E-state index in [1.165, 1.54) is 6.07 Å². The molecule has 2 unspecified atom stereocenters. The van der Waals surface area contributed by atoms with Gasteiger partial charge in [0, 0.05) is 22.2 Å². The Hall–Kier alpha value is -0.640. The Morgan fingerprint density at radius 2 is 2.00 bits per heavy atom. The number of benzene rings is 1. The molecule has 1 fully saturated rings. The number of nitrogens with zero attached hydrogens (tertiary/aromatic N) is 1. The summed E-state index contributed by atoms with van der Waals surface area (Å²) in [6.45, 7) is 7.42. The first-order valence-electron chi connectivity index (χ1n) is 7.28. The topological polar surface area (TPSA) is 29.3 Å². The molecule has 20 heavy (non-hydrogen) atoms. The van der Waals surface area contributed by atoms with Crippen molar-refractivity contribution in [2.24, 2.45) is 5.73 Å². The molecule has 0 bridgehead atoms. The van der Waals surface area contributed by atoms with Crippen LogP contribution in [0.3, 0.4) is 0 Å². The lowest BCUT2D eigenvalue weighted by molar-refractivity contribution is 0.0736. The van der Waals surface area contributed by atoms with E-state index in [2.05, 4.69) is 25.7 Å². The first-order chi connectivity index (χ1) is 9.30. The maximum atomic E-state index is 14.3. The van der Waals surface area contributed by atoms with Gasteiger partial charge in [-0.1, -0.05) is 24.1 Å². The van der Waals surface area contributed by atoms with Crippen LogP contribution in [0.4, 0.5) is 4.39 Å². The highest BCUT2D eigenvalue weighted by atomic mass is 35.5. The molecule has 2 N–H and O–H groups in total. The van der Waals surface area contributed by atoms with Crippen LogP contribution in [0.15, 0.2) is 18.2 Å². The molecule has 1 aromatic rings. The van der Waals surface area contributed by atoms with E-state index in [9.17, 15) is 4.39 Å². The Morgan fingerprint density at radius 3 is 2.60 bits per heavy atom. The standard InChI is InChI=1S/C16H24ClFN2/c1-16(2,3)20-9-5-4-6-14(19)15(20)12-8-7-11(17)10-13(12)18/h7-8,10,14-15H,4-6,9,19H2,1-3H3. The van der Waals surface area contributed by atoms with Crippen molar-refractivity contribution >= 4 is 11.6 Å². The van der Waals surface area contributed by atoms with Crippen LogP contribution in [0, 0.1) is 5.82 Å². The van der Waals surface area contributed by atoms with Crippen LogP contribution in [0.25, 0.3) is 0 Å². The molecule has 4 heteroatoms. The van der Waals surface area contributed by atoms with Gasteiger partial charge in [-0.25, -0.2) is 4.39 Å². The lowest BCUT2D eigenvalue weighted by atomic mass is 9.92. The number of hydrogen-bond acceptors (Lipinski definition) is 2. The summed E-state index contributed by atoms with van der Waals surface area (Å²) < 4.78 is 14.3. The van der Waals surface area contributed by atoms with Gasteiger partial charge in [-0.15, -0.1) is 0 Å². The Balaban J connectivity index is 2.45. The molecule has 0 amide bonds. The average Bonchev–Trinajstić information content (AvgIpc) is 2.51. The number of halogens is 2. The summed E-state index contributed by atoms with van der Waals surface area (Å²) in [7, 11) is 0. The molecule has 1 aliphatic heterocycles. The van der Waals surface area contributed by atoms with Gasteiger partial charge in [0.25, 0.3) is 0 Å².